The molecule has 0 fully saturated rings. The van der Waals surface area contributed by atoms with Gasteiger partial charge < -0.3 is 10.6 Å². The predicted molar refractivity (Wildman–Crippen MR) is 95.0 cm³/mol. The Bertz CT molecular complexity index is 901. The van der Waals surface area contributed by atoms with Crippen molar-refractivity contribution in [3.8, 4) is 11.3 Å². The Morgan fingerprint density at radius 1 is 0.920 bits per heavy atom. The van der Waals surface area contributed by atoms with Gasteiger partial charge in [0.2, 0.25) is 0 Å². The van der Waals surface area contributed by atoms with E-state index in [1.165, 1.54) is 0 Å². The molecule has 0 spiro atoms. The lowest BCUT2D eigenvalue weighted by atomic mass is 10.1. The minimum absolute atomic E-state index is 0.316. The number of aromatic nitrogens is 3. The van der Waals surface area contributed by atoms with E-state index in [1.54, 1.807) is 24.5 Å². The Balaban J connectivity index is 1.70. The fourth-order valence-electron chi connectivity index (χ4n) is 2.31. The van der Waals surface area contributed by atoms with Gasteiger partial charge in [0, 0.05) is 29.2 Å². The van der Waals surface area contributed by atoms with E-state index in [4.69, 9.17) is 0 Å². The van der Waals surface area contributed by atoms with E-state index < -0.39 is 11.8 Å². The molecule has 7 nitrogen and oxygen atoms in total. The summed E-state index contributed by atoms with van der Waals surface area (Å²) < 4.78 is 0. The molecule has 0 saturated heterocycles. The molecule has 126 valence electrons. The summed E-state index contributed by atoms with van der Waals surface area (Å²) in [6, 6.07) is 10.8. The van der Waals surface area contributed by atoms with Crippen LogP contribution in [0.3, 0.4) is 0 Å². The summed E-state index contributed by atoms with van der Waals surface area (Å²) in [5.41, 5.74) is 4.02. The van der Waals surface area contributed by atoms with E-state index in [9.17, 15) is 9.59 Å². The zero-order valence-electron chi connectivity index (χ0n) is 13.8. The van der Waals surface area contributed by atoms with Crippen molar-refractivity contribution in [3.05, 3.63) is 59.9 Å². The number of H-pyrrole nitrogens is 1. The number of hydrogen-bond donors (Lipinski definition) is 3. The van der Waals surface area contributed by atoms with E-state index in [2.05, 4.69) is 25.8 Å². The third-order valence-corrected chi connectivity index (χ3v) is 3.73. The zero-order chi connectivity index (χ0) is 17.8. The number of aromatic amines is 1. The topological polar surface area (TPSA) is 99.8 Å². The summed E-state index contributed by atoms with van der Waals surface area (Å²) in [6.07, 6.45) is 3.34. The number of hydrogen-bond acceptors (Lipinski definition) is 4. The van der Waals surface area contributed by atoms with Gasteiger partial charge in [-0.3, -0.25) is 19.7 Å². The summed E-state index contributed by atoms with van der Waals surface area (Å²) in [5.74, 6) is -1.22. The van der Waals surface area contributed by atoms with Gasteiger partial charge in [0.15, 0.2) is 5.82 Å². The van der Waals surface area contributed by atoms with Gasteiger partial charge in [-0.15, -0.1) is 0 Å². The Labute approximate surface area is 144 Å². The largest absolute Gasteiger partial charge is 0.318 e. The highest BCUT2D eigenvalue weighted by Gasteiger charge is 2.18. The summed E-state index contributed by atoms with van der Waals surface area (Å²) in [7, 11) is 0. The van der Waals surface area contributed by atoms with Gasteiger partial charge in [-0.1, -0.05) is 17.7 Å². The highest BCUT2D eigenvalue weighted by molar-refractivity contribution is 6.43. The summed E-state index contributed by atoms with van der Waals surface area (Å²) in [6.45, 7) is 3.76. The maximum atomic E-state index is 12.1. The number of aryl methyl sites for hydroxylation is 1. The average molecular weight is 335 g/mol. The first-order valence-corrected chi connectivity index (χ1v) is 7.69. The summed E-state index contributed by atoms with van der Waals surface area (Å²) in [5, 5.41) is 12.0. The molecule has 2 amide bonds. The Kier molecular flexibility index (Phi) is 4.56. The molecule has 7 heteroatoms. The minimum Gasteiger partial charge on any atom is -0.318 e. The molecule has 0 aliphatic rings. The number of amides is 2. The quantitative estimate of drug-likeness (QED) is 0.641. The molecule has 25 heavy (non-hydrogen) atoms. The van der Waals surface area contributed by atoms with Crippen LogP contribution in [-0.2, 0) is 9.59 Å². The van der Waals surface area contributed by atoms with Crippen molar-refractivity contribution in [2.24, 2.45) is 0 Å². The Morgan fingerprint density at radius 3 is 2.24 bits per heavy atom. The van der Waals surface area contributed by atoms with Gasteiger partial charge in [0.05, 0.1) is 5.69 Å². The molecule has 0 aliphatic carbocycles. The number of nitrogens with one attached hydrogen (secondary N) is 3. The van der Waals surface area contributed by atoms with E-state index in [0.717, 1.165) is 22.4 Å². The first-order valence-electron chi connectivity index (χ1n) is 7.69. The van der Waals surface area contributed by atoms with Crippen LogP contribution in [0.5, 0.6) is 0 Å². The fraction of sp³-hybridized carbons (Fsp3) is 0.111. The van der Waals surface area contributed by atoms with Crippen molar-refractivity contribution in [1.82, 2.24) is 15.2 Å². The second-order valence-electron chi connectivity index (χ2n) is 5.58. The van der Waals surface area contributed by atoms with Gasteiger partial charge >= 0.3 is 11.8 Å². The smallest absolute Gasteiger partial charge is 0.315 e. The number of rotatable bonds is 3. The van der Waals surface area contributed by atoms with Crippen LogP contribution in [0.25, 0.3) is 11.3 Å². The van der Waals surface area contributed by atoms with Crippen LogP contribution in [0.15, 0.2) is 48.8 Å². The van der Waals surface area contributed by atoms with Gasteiger partial charge in [0.25, 0.3) is 0 Å². The molecular formula is C18H17N5O2. The van der Waals surface area contributed by atoms with Gasteiger partial charge in [0.1, 0.15) is 0 Å². The van der Waals surface area contributed by atoms with Crippen molar-refractivity contribution in [3.63, 3.8) is 0 Å². The molecule has 0 atom stereocenters. The molecule has 1 aromatic carbocycles. The number of carbonyl (C=O) groups is 2. The van der Waals surface area contributed by atoms with Crippen molar-refractivity contribution in [1.29, 1.82) is 0 Å². The molecule has 0 bridgehead atoms. The van der Waals surface area contributed by atoms with Crippen LogP contribution in [-0.4, -0.2) is 27.0 Å². The molecule has 0 aliphatic heterocycles. The van der Waals surface area contributed by atoms with Crippen molar-refractivity contribution < 1.29 is 9.59 Å². The van der Waals surface area contributed by atoms with Crippen LogP contribution in [0.1, 0.15) is 11.1 Å². The molecule has 2 heterocycles. The van der Waals surface area contributed by atoms with Crippen LogP contribution in [0.4, 0.5) is 11.5 Å². The Morgan fingerprint density at radius 2 is 1.56 bits per heavy atom. The van der Waals surface area contributed by atoms with Gasteiger partial charge in [-0.05, 0) is 38.1 Å². The monoisotopic (exact) mass is 335 g/mol. The molecule has 0 radical (unpaired) electrons. The van der Waals surface area contributed by atoms with Crippen LogP contribution < -0.4 is 10.6 Å². The first-order chi connectivity index (χ1) is 12.0. The third kappa shape index (κ3) is 3.72. The zero-order valence-corrected chi connectivity index (χ0v) is 13.8. The Hall–Kier alpha value is -3.48. The molecule has 0 unspecified atom stereocenters. The maximum Gasteiger partial charge on any atom is 0.315 e. The van der Waals surface area contributed by atoms with Crippen molar-refractivity contribution in [2.45, 2.75) is 13.8 Å². The van der Waals surface area contributed by atoms with Crippen LogP contribution in [0.2, 0.25) is 0 Å². The summed E-state index contributed by atoms with van der Waals surface area (Å²) >= 11 is 0. The lowest BCUT2D eigenvalue weighted by molar-refractivity contribution is -0.133. The van der Waals surface area contributed by atoms with Gasteiger partial charge in [-0.2, -0.15) is 5.10 Å². The third-order valence-electron chi connectivity index (χ3n) is 3.73. The predicted octanol–water partition coefficient (Wildman–Crippen LogP) is 2.67. The fourth-order valence-corrected chi connectivity index (χ4v) is 2.31. The number of benzene rings is 1. The number of nitrogens with zero attached hydrogens (tertiary/aromatic N) is 2. The minimum atomic E-state index is -0.781. The van der Waals surface area contributed by atoms with Crippen molar-refractivity contribution >= 4 is 23.3 Å². The second kappa shape index (κ2) is 6.96. The highest BCUT2D eigenvalue weighted by atomic mass is 16.2. The maximum absolute atomic E-state index is 12.1. The molecule has 3 rings (SSSR count). The van der Waals surface area contributed by atoms with Crippen LogP contribution in [0, 0.1) is 13.8 Å². The number of anilines is 2. The molecule has 2 aromatic heterocycles. The normalized spacial score (nSPS) is 10.3. The van der Waals surface area contributed by atoms with E-state index >= 15 is 0 Å². The number of pyridine rings is 1. The molecule has 3 N–H and O–H groups in total. The molecule has 3 aromatic rings. The second-order valence-corrected chi connectivity index (χ2v) is 5.58. The van der Waals surface area contributed by atoms with E-state index in [0.29, 0.717) is 11.5 Å². The van der Waals surface area contributed by atoms with Crippen LogP contribution >= 0.6 is 0 Å². The SMILES string of the molecule is Cc1ccc(NC(=O)C(=O)Nc2n[nH]c(-c3ccncc3)c2C)cc1. The molecular weight excluding hydrogens is 318 g/mol. The van der Waals surface area contributed by atoms with Gasteiger partial charge in [-0.25, -0.2) is 0 Å². The molecule has 0 saturated carbocycles. The highest BCUT2D eigenvalue weighted by Crippen LogP contribution is 2.25. The van der Waals surface area contributed by atoms with E-state index in [1.807, 2.05) is 38.1 Å². The van der Waals surface area contributed by atoms with E-state index in [-0.39, 0.29) is 0 Å². The van der Waals surface area contributed by atoms with Crippen molar-refractivity contribution in [2.75, 3.05) is 10.6 Å². The first kappa shape index (κ1) is 16.4. The average Bonchev–Trinajstić information content (AvgIpc) is 2.98. The lowest BCUT2D eigenvalue weighted by Gasteiger charge is -2.06. The standard InChI is InChI=1S/C18H17N5O2/c1-11-3-5-14(6-4-11)20-17(24)18(25)21-16-12(2)15(22-23-16)13-7-9-19-10-8-13/h3-10H,1-2H3,(H,20,24)(H2,21,22,23,25). The summed E-state index contributed by atoms with van der Waals surface area (Å²) in [4.78, 5) is 28.1. The lowest BCUT2D eigenvalue weighted by Crippen LogP contribution is -2.29. The number of carbonyl (C=O) groups excluding carboxylic acids is 2.